The van der Waals surface area contributed by atoms with Crippen LogP contribution in [0.3, 0.4) is 0 Å². The highest BCUT2D eigenvalue weighted by molar-refractivity contribution is 5.94. The van der Waals surface area contributed by atoms with Crippen molar-refractivity contribution in [1.29, 1.82) is 0 Å². The minimum atomic E-state index is -0.921. The van der Waals surface area contributed by atoms with Crippen molar-refractivity contribution in [3.63, 3.8) is 0 Å². The number of benzene rings is 1. The number of hydrogen-bond acceptors (Lipinski definition) is 6. The fourth-order valence-electron chi connectivity index (χ4n) is 5.15. The number of carboxylic acids is 1. The molecular weight excluding hydrogens is 458 g/mol. The van der Waals surface area contributed by atoms with Crippen LogP contribution in [-0.2, 0) is 4.79 Å². The van der Waals surface area contributed by atoms with E-state index in [2.05, 4.69) is 16.5 Å². The number of hydrogen-bond donors (Lipinski definition) is 2. The van der Waals surface area contributed by atoms with Crippen LogP contribution in [0, 0.1) is 26.7 Å². The lowest BCUT2D eigenvalue weighted by Crippen LogP contribution is -2.29. The maximum Gasteiger partial charge on any atom is 0.305 e. The van der Waals surface area contributed by atoms with Gasteiger partial charge in [-0.25, -0.2) is 0 Å². The number of aromatic nitrogens is 1. The largest absolute Gasteiger partial charge is 0.481 e. The van der Waals surface area contributed by atoms with E-state index in [1.807, 2.05) is 32.9 Å². The Balaban J connectivity index is 1.57. The molecular formula is C28H35N3O5. The van der Waals surface area contributed by atoms with Gasteiger partial charge in [-0.3, -0.25) is 9.59 Å². The van der Waals surface area contributed by atoms with Crippen molar-refractivity contribution in [3.8, 4) is 11.3 Å². The van der Waals surface area contributed by atoms with Crippen molar-refractivity contribution in [1.82, 2.24) is 10.1 Å². The molecule has 1 aliphatic rings. The summed E-state index contributed by atoms with van der Waals surface area (Å²) in [5, 5.41) is 16.7. The molecule has 1 fully saturated rings. The summed E-state index contributed by atoms with van der Waals surface area (Å²) < 4.78 is 11.6. The summed E-state index contributed by atoms with van der Waals surface area (Å²) in [6.07, 6.45) is 5.91. The molecule has 8 nitrogen and oxygen atoms in total. The number of carbonyl (C=O) groups is 2. The van der Waals surface area contributed by atoms with E-state index in [4.69, 9.17) is 14.0 Å². The summed E-state index contributed by atoms with van der Waals surface area (Å²) in [5.41, 5.74) is 4.30. The van der Waals surface area contributed by atoms with Gasteiger partial charge in [0.25, 0.3) is 5.91 Å². The van der Waals surface area contributed by atoms with Crippen molar-refractivity contribution in [2.24, 2.45) is 5.92 Å². The number of aryl methyl sites for hydroxylation is 3. The van der Waals surface area contributed by atoms with Crippen molar-refractivity contribution < 1.29 is 23.6 Å². The Bertz CT molecular complexity index is 1190. The first kappa shape index (κ1) is 25.5. The van der Waals surface area contributed by atoms with E-state index < -0.39 is 5.97 Å². The Morgan fingerprint density at radius 2 is 1.81 bits per heavy atom. The predicted octanol–water partition coefficient (Wildman–Crippen LogP) is 6.14. The molecule has 2 heterocycles. The maximum atomic E-state index is 12.7. The molecule has 1 saturated carbocycles. The lowest BCUT2D eigenvalue weighted by atomic mass is 9.81. The molecule has 1 atom stereocenters. The smallest absolute Gasteiger partial charge is 0.305 e. The first-order valence-corrected chi connectivity index (χ1v) is 12.6. The highest BCUT2D eigenvalue weighted by Crippen LogP contribution is 2.41. The molecule has 0 saturated heterocycles. The Kier molecular flexibility index (Phi) is 7.82. The topological polar surface area (TPSA) is 109 Å². The van der Waals surface area contributed by atoms with Crippen molar-refractivity contribution >= 4 is 17.6 Å². The second kappa shape index (κ2) is 11.0. The molecule has 0 radical (unpaired) electrons. The SMILES string of the molecule is Cc1noc(C)c1-c1cc(C(Nc2ccc(C(=O)N(C)CCC(=O)O)cc2)C2CCCCC2)c(C)o1. The van der Waals surface area contributed by atoms with Crippen molar-refractivity contribution in [3.05, 3.63) is 58.7 Å². The predicted molar refractivity (Wildman–Crippen MR) is 137 cm³/mol. The van der Waals surface area contributed by atoms with Gasteiger partial charge in [-0.05, 0) is 69.9 Å². The highest BCUT2D eigenvalue weighted by Gasteiger charge is 2.29. The lowest BCUT2D eigenvalue weighted by Gasteiger charge is -2.31. The maximum absolute atomic E-state index is 12.7. The third-order valence-electron chi connectivity index (χ3n) is 7.15. The number of nitrogens with one attached hydrogen (secondary N) is 1. The molecule has 192 valence electrons. The van der Waals surface area contributed by atoms with E-state index in [1.165, 1.54) is 24.2 Å². The molecule has 1 aromatic carbocycles. The van der Waals surface area contributed by atoms with Gasteiger partial charge in [-0.15, -0.1) is 0 Å². The number of carboxylic acid groups (broad SMARTS) is 1. The van der Waals surface area contributed by atoms with E-state index in [0.29, 0.717) is 11.5 Å². The van der Waals surface area contributed by atoms with Gasteiger partial charge in [-0.2, -0.15) is 0 Å². The molecule has 36 heavy (non-hydrogen) atoms. The van der Waals surface area contributed by atoms with E-state index in [9.17, 15) is 9.59 Å². The van der Waals surface area contributed by atoms with Gasteiger partial charge in [0, 0.05) is 30.4 Å². The Hall–Kier alpha value is -3.55. The molecule has 1 unspecified atom stereocenters. The van der Waals surface area contributed by atoms with Crippen LogP contribution in [0.5, 0.6) is 0 Å². The van der Waals surface area contributed by atoms with Crippen LogP contribution in [0.15, 0.2) is 39.3 Å². The number of furan rings is 1. The fraction of sp³-hybridized carbons (Fsp3) is 0.464. The monoisotopic (exact) mass is 493 g/mol. The van der Waals surface area contributed by atoms with Crippen LogP contribution in [0.2, 0.25) is 0 Å². The van der Waals surface area contributed by atoms with Crippen molar-refractivity contribution in [2.75, 3.05) is 18.9 Å². The van der Waals surface area contributed by atoms with Gasteiger partial charge in [0.15, 0.2) is 0 Å². The molecule has 2 N–H and O–H groups in total. The van der Waals surface area contributed by atoms with E-state index >= 15 is 0 Å². The zero-order valence-corrected chi connectivity index (χ0v) is 21.5. The highest BCUT2D eigenvalue weighted by atomic mass is 16.5. The number of anilines is 1. The second-order valence-corrected chi connectivity index (χ2v) is 9.79. The number of amides is 1. The number of aliphatic carboxylic acids is 1. The zero-order valence-electron chi connectivity index (χ0n) is 21.5. The molecule has 0 bridgehead atoms. The molecule has 1 amide bonds. The van der Waals surface area contributed by atoms with Crippen LogP contribution in [0.25, 0.3) is 11.3 Å². The van der Waals surface area contributed by atoms with Crippen molar-refractivity contribution in [2.45, 2.75) is 65.3 Å². The van der Waals surface area contributed by atoms with Crippen LogP contribution in [0.4, 0.5) is 5.69 Å². The Morgan fingerprint density at radius 3 is 2.42 bits per heavy atom. The molecule has 8 heteroatoms. The third kappa shape index (κ3) is 5.64. The summed E-state index contributed by atoms with van der Waals surface area (Å²) >= 11 is 0. The summed E-state index contributed by atoms with van der Waals surface area (Å²) in [6.45, 7) is 5.99. The lowest BCUT2D eigenvalue weighted by molar-refractivity contribution is -0.137. The minimum Gasteiger partial charge on any atom is -0.481 e. The summed E-state index contributed by atoms with van der Waals surface area (Å²) in [6, 6.07) is 9.60. The Labute approximate surface area is 211 Å². The average Bonchev–Trinajstić information content (AvgIpc) is 3.41. The van der Waals surface area contributed by atoms with Crippen LogP contribution in [0.1, 0.15) is 77.7 Å². The second-order valence-electron chi connectivity index (χ2n) is 9.79. The standard InChI is InChI=1S/C28H35N3O5/c1-17-26(19(3)36-30-17)24-16-23(18(2)35-24)27(20-8-6-5-7-9-20)29-22-12-10-21(11-13-22)28(34)31(4)15-14-25(32)33/h10-13,16,20,27,29H,5-9,14-15H2,1-4H3,(H,32,33). The summed E-state index contributed by atoms with van der Waals surface area (Å²) in [7, 11) is 1.62. The van der Waals surface area contributed by atoms with E-state index in [-0.39, 0.29) is 24.9 Å². The van der Waals surface area contributed by atoms with E-state index in [0.717, 1.165) is 52.6 Å². The minimum absolute atomic E-state index is 0.0723. The molecule has 1 aliphatic carbocycles. The number of carbonyl (C=O) groups excluding carboxylic acids is 1. The Morgan fingerprint density at radius 1 is 1.11 bits per heavy atom. The molecule has 4 rings (SSSR count). The van der Waals surface area contributed by atoms with Gasteiger partial charge in [0.1, 0.15) is 17.3 Å². The van der Waals surface area contributed by atoms with Crippen LogP contribution < -0.4 is 5.32 Å². The van der Waals surface area contributed by atoms with Gasteiger partial charge in [0.2, 0.25) is 0 Å². The van der Waals surface area contributed by atoms with Gasteiger partial charge in [0.05, 0.1) is 23.7 Å². The molecule has 3 aromatic rings. The first-order chi connectivity index (χ1) is 17.2. The van der Waals surface area contributed by atoms with Gasteiger partial charge >= 0.3 is 5.97 Å². The number of rotatable bonds is 9. The first-order valence-electron chi connectivity index (χ1n) is 12.6. The number of nitrogens with zero attached hydrogens (tertiary/aromatic N) is 2. The zero-order chi connectivity index (χ0) is 25.8. The summed E-state index contributed by atoms with van der Waals surface area (Å²) in [4.78, 5) is 24.9. The summed E-state index contributed by atoms with van der Waals surface area (Å²) in [5.74, 6) is 1.74. The van der Waals surface area contributed by atoms with Gasteiger partial charge in [-0.1, -0.05) is 24.4 Å². The van der Waals surface area contributed by atoms with Crippen LogP contribution in [-0.4, -0.2) is 40.6 Å². The van der Waals surface area contributed by atoms with E-state index in [1.54, 1.807) is 19.2 Å². The molecule has 2 aromatic heterocycles. The van der Waals surface area contributed by atoms with Crippen LogP contribution >= 0.6 is 0 Å². The average molecular weight is 494 g/mol. The normalized spacial score (nSPS) is 15.0. The molecule has 0 spiro atoms. The van der Waals surface area contributed by atoms with Gasteiger partial charge < -0.3 is 24.3 Å². The quantitative estimate of drug-likeness (QED) is 0.368. The molecule has 0 aliphatic heterocycles. The third-order valence-corrected chi connectivity index (χ3v) is 7.15. The fourth-order valence-corrected chi connectivity index (χ4v) is 5.15.